The Hall–Kier alpha value is -2.41. The third kappa shape index (κ3) is 5.01. The summed E-state index contributed by atoms with van der Waals surface area (Å²) in [6.07, 6.45) is 5.78. The second kappa shape index (κ2) is 9.60. The van der Waals surface area contributed by atoms with Crippen molar-refractivity contribution in [3.8, 4) is 0 Å². The number of thiocarbonyl (C=S) groups is 1. The van der Waals surface area contributed by atoms with Crippen molar-refractivity contribution in [3.05, 3.63) is 82.8 Å². The Labute approximate surface area is 187 Å². The number of hydrogen-bond donors (Lipinski definition) is 0. The molecule has 6 heteroatoms. The lowest BCUT2D eigenvalue weighted by molar-refractivity contribution is -0.123. The van der Waals surface area contributed by atoms with E-state index in [9.17, 15) is 4.79 Å². The van der Waals surface area contributed by atoms with E-state index in [-0.39, 0.29) is 5.91 Å². The number of piperazine rings is 1. The van der Waals surface area contributed by atoms with E-state index < -0.39 is 0 Å². The number of carbonyl (C=O) groups is 1. The molecule has 0 bridgehead atoms. The molecule has 0 radical (unpaired) electrons. The first kappa shape index (κ1) is 20.8. The van der Waals surface area contributed by atoms with Crippen molar-refractivity contribution in [1.82, 2.24) is 9.80 Å². The fourth-order valence-electron chi connectivity index (χ4n) is 3.55. The number of nitrogens with zero attached hydrogens (tertiary/aromatic N) is 3. The summed E-state index contributed by atoms with van der Waals surface area (Å²) in [4.78, 5) is 19.9. The van der Waals surface area contributed by atoms with Crippen LogP contribution in [0.2, 0.25) is 0 Å². The SMILES string of the molecule is Cc1ccc(N2CCN(CN3C(=O)C(=CC=Cc4ccccc4)SC3=S)CC2)cc1. The zero-order chi connectivity index (χ0) is 20.9. The highest BCUT2D eigenvalue weighted by Crippen LogP contribution is 2.31. The molecule has 2 aliphatic heterocycles. The topological polar surface area (TPSA) is 26.8 Å². The Bertz CT molecular complexity index is 962. The Balaban J connectivity index is 1.32. The van der Waals surface area contributed by atoms with E-state index in [1.807, 2.05) is 48.6 Å². The molecular formula is C24H25N3OS2. The molecule has 0 N–H and O–H groups in total. The fourth-order valence-corrected chi connectivity index (χ4v) is 4.74. The third-order valence-electron chi connectivity index (χ3n) is 5.32. The number of rotatable bonds is 5. The molecule has 0 aromatic heterocycles. The molecule has 0 atom stereocenters. The first-order valence-electron chi connectivity index (χ1n) is 10.1. The lowest BCUT2D eigenvalue weighted by atomic mass is 10.2. The molecule has 0 aliphatic carbocycles. The zero-order valence-corrected chi connectivity index (χ0v) is 18.7. The van der Waals surface area contributed by atoms with Crippen LogP contribution in [0.25, 0.3) is 6.08 Å². The Morgan fingerprint density at radius 2 is 1.70 bits per heavy atom. The number of carbonyl (C=O) groups excluding carboxylic acids is 1. The summed E-state index contributed by atoms with van der Waals surface area (Å²) >= 11 is 6.87. The van der Waals surface area contributed by atoms with Crippen LogP contribution in [0.1, 0.15) is 11.1 Å². The number of hydrogen-bond acceptors (Lipinski definition) is 5. The van der Waals surface area contributed by atoms with Crippen LogP contribution in [-0.4, -0.2) is 52.9 Å². The second-order valence-corrected chi connectivity index (χ2v) is 9.16. The van der Waals surface area contributed by atoms with Crippen LogP contribution in [0.5, 0.6) is 0 Å². The normalized spacial score (nSPS) is 19.4. The molecule has 4 rings (SSSR count). The van der Waals surface area contributed by atoms with Gasteiger partial charge in [0.1, 0.15) is 4.32 Å². The van der Waals surface area contributed by atoms with Gasteiger partial charge in [0.25, 0.3) is 5.91 Å². The van der Waals surface area contributed by atoms with Crippen molar-refractivity contribution < 1.29 is 4.79 Å². The van der Waals surface area contributed by atoms with Crippen molar-refractivity contribution in [3.63, 3.8) is 0 Å². The molecular weight excluding hydrogens is 410 g/mol. The molecule has 30 heavy (non-hydrogen) atoms. The van der Waals surface area contributed by atoms with Crippen molar-refractivity contribution in [1.29, 1.82) is 0 Å². The van der Waals surface area contributed by atoms with Gasteiger partial charge in [0.2, 0.25) is 0 Å². The van der Waals surface area contributed by atoms with Gasteiger partial charge in [0.15, 0.2) is 0 Å². The molecule has 1 amide bonds. The highest BCUT2D eigenvalue weighted by molar-refractivity contribution is 8.26. The average Bonchev–Trinajstić information content (AvgIpc) is 3.03. The summed E-state index contributed by atoms with van der Waals surface area (Å²) in [5, 5.41) is 0. The summed E-state index contributed by atoms with van der Waals surface area (Å²) in [6, 6.07) is 18.7. The van der Waals surface area contributed by atoms with Gasteiger partial charge < -0.3 is 4.90 Å². The number of aryl methyl sites for hydroxylation is 1. The van der Waals surface area contributed by atoms with Crippen LogP contribution >= 0.6 is 24.0 Å². The number of amides is 1. The highest BCUT2D eigenvalue weighted by atomic mass is 32.2. The molecule has 0 unspecified atom stereocenters. The maximum atomic E-state index is 12.8. The second-order valence-electron chi connectivity index (χ2n) is 7.48. The highest BCUT2D eigenvalue weighted by Gasteiger charge is 2.33. The van der Waals surface area contributed by atoms with Crippen LogP contribution in [-0.2, 0) is 4.79 Å². The summed E-state index contributed by atoms with van der Waals surface area (Å²) in [5.41, 5.74) is 3.65. The van der Waals surface area contributed by atoms with Gasteiger partial charge in [-0.05, 0) is 30.7 Å². The largest absolute Gasteiger partial charge is 0.369 e. The summed E-state index contributed by atoms with van der Waals surface area (Å²) in [6.45, 7) is 6.40. The minimum Gasteiger partial charge on any atom is -0.369 e. The maximum Gasteiger partial charge on any atom is 0.267 e. The summed E-state index contributed by atoms with van der Waals surface area (Å²) in [5.74, 6) is 0.00340. The van der Waals surface area contributed by atoms with E-state index in [1.165, 1.54) is 23.0 Å². The van der Waals surface area contributed by atoms with E-state index >= 15 is 0 Å². The van der Waals surface area contributed by atoms with E-state index in [0.717, 1.165) is 31.7 Å². The standard InChI is InChI=1S/C24H25N3OS2/c1-19-10-12-21(13-11-19)26-16-14-25(15-17-26)18-27-23(28)22(30-24(27)29)9-5-8-20-6-3-2-4-7-20/h2-13H,14-18H2,1H3. The van der Waals surface area contributed by atoms with Crippen molar-refractivity contribution in [2.75, 3.05) is 37.7 Å². The van der Waals surface area contributed by atoms with Gasteiger partial charge in [0, 0.05) is 31.9 Å². The number of benzene rings is 2. The van der Waals surface area contributed by atoms with Gasteiger partial charge in [-0.1, -0.05) is 84.2 Å². The van der Waals surface area contributed by atoms with Gasteiger partial charge >= 0.3 is 0 Å². The van der Waals surface area contributed by atoms with Crippen LogP contribution in [0.15, 0.2) is 71.7 Å². The number of anilines is 1. The van der Waals surface area contributed by atoms with E-state index in [4.69, 9.17) is 12.2 Å². The monoisotopic (exact) mass is 435 g/mol. The smallest absolute Gasteiger partial charge is 0.267 e. The first-order valence-corrected chi connectivity index (χ1v) is 11.3. The number of thioether (sulfide) groups is 1. The molecule has 2 aliphatic rings. The Morgan fingerprint density at radius 3 is 2.40 bits per heavy atom. The summed E-state index contributed by atoms with van der Waals surface area (Å²) in [7, 11) is 0. The maximum absolute atomic E-state index is 12.8. The Kier molecular flexibility index (Phi) is 6.67. The van der Waals surface area contributed by atoms with Crippen LogP contribution < -0.4 is 4.90 Å². The van der Waals surface area contributed by atoms with Gasteiger partial charge in [-0.2, -0.15) is 0 Å². The Morgan fingerprint density at radius 1 is 1.00 bits per heavy atom. The molecule has 0 spiro atoms. The van der Waals surface area contributed by atoms with Gasteiger partial charge in [-0.15, -0.1) is 0 Å². The lowest BCUT2D eigenvalue weighted by Gasteiger charge is -2.37. The molecule has 4 nitrogen and oxygen atoms in total. The van der Waals surface area contributed by atoms with Crippen molar-refractivity contribution >= 4 is 46.0 Å². The third-order valence-corrected chi connectivity index (χ3v) is 6.72. The average molecular weight is 436 g/mol. The van der Waals surface area contributed by atoms with Gasteiger partial charge in [-0.25, -0.2) is 0 Å². The molecule has 154 valence electrons. The minimum absolute atomic E-state index is 0.00340. The molecule has 2 aromatic rings. The quantitative estimate of drug-likeness (QED) is 0.508. The number of allylic oxidation sites excluding steroid dienone is 2. The predicted octanol–water partition coefficient (Wildman–Crippen LogP) is 4.53. The van der Waals surface area contributed by atoms with Crippen molar-refractivity contribution in [2.24, 2.45) is 0 Å². The van der Waals surface area contributed by atoms with E-state index in [0.29, 0.717) is 15.9 Å². The van der Waals surface area contributed by atoms with Crippen LogP contribution in [0.3, 0.4) is 0 Å². The zero-order valence-electron chi connectivity index (χ0n) is 17.0. The van der Waals surface area contributed by atoms with E-state index in [2.05, 4.69) is 41.0 Å². The van der Waals surface area contributed by atoms with Crippen molar-refractivity contribution in [2.45, 2.75) is 6.92 Å². The molecule has 2 fully saturated rings. The first-order chi connectivity index (χ1) is 14.6. The predicted molar refractivity (Wildman–Crippen MR) is 130 cm³/mol. The molecule has 2 aromatic carbocycles. The molecule has 2 saturated heterocycles. The molecule has 0 saturated carbocycles. The molecule has 2 heterocycles. The minimum atomic E-state index is 0.00340. The lowest BCUT2D eigenvalue weighted by Crippen LogP contribution is -2.50. The summed E-state index contributed by atoms with van der Waals surface area (Å²) < 4.78 is 0.639. The van der Waals surface area contributed by atoms with E-state index in [1.54, 1.807) is 4.90 Å². The van der Waals surface area contributed by atoms with Gasteiger partial charge in [0.05, 0.1) is 11.6 Å². The fraction of sp³-hybridized carbons (Fsp3) is 0.250. The van der Waals surface area contributed by atoms with Crippen LogP contribution in [0.4, 0.5) is 5.69 Å². The van der Waals surface area contributed by atoms with Gasteiger partial charge in [-0.3, -0.25) is 14.6 Å². The van der Waals surface area contributed by atoms with Crippen LogP contribution in [0, 0.1) is 6.92 Å².